The first-order valence-electron chi connectivity index (χ1n) is 23.0. The summed E-state index contributed by atoms with van der Waals surface area (Å²) in [6.45, 7) is 4.32. The van der Waals surface area contributed by atoms with Gasteiger partial charge in [0.1, 0.15) is 0 Å². The number of para-hydroxylation sites is 4. The van der Waals surface area contributed by atoms with Gasteiger partial charge in [0.05, 0.1) is 57.4 Å². The van der Waals surface area contributed by atoms with Gasteiger partial charge < -0.3 is 19.0 Å². The van der Waals surface area contributed by atoms with Crippen LogP contribution in [0.5, 0.6) is 5.88 Å². The van der Waals surface area contributed by atoms with Crippen LogP contribution in [0.15, 0.2) is 90.0 Å². The zero-order valence-corrected chi connectivity index (χ0v) is 38.8. The summed E-state index contributed by atoms with van der Waals surface area (Å²) in [5.74, 6) is 3.15. The summed E-state index contributed by atoms with van der Waals surface area (Å²) in [6.07, 6.45) is 11.7. The van der Waals surface area contributed by atoms with Crippen molar-refractivity contribution in [2.24, 2.45) is 25.9 Å². The molecule has 0 spiro atoms. The molecular weight excluding hydrogens is 868 g/mol. The van der Waals surface area contributed by atoms with E-state index in [9.17, 15) is 14.4 Å². The molecule has 67 heavy (non-hydrogen) atoms. The number of hydrogen-bond donors (Lipinski definition) is 3. The molecule has 4 bridgehead atoms. The van der Waals surface area contributed by atoms with Gasteiger partial charge in [-0.05, 0) is 126 Å². The van der Waals surface area contributed by atoms with Crippen molar-refractivity contribution in [3.05, 3.63) is 118 Å². The summed E-state index contributed by atoms with van der Waals surface area (Å²) in [5.41, 5.74) is 8.33. The Kier molecular flexibility index (Phi) is 12.0. The molecule has 7 heterocycles. The molecule has 8 aromatic rings. The summed E-state index contributed by atoms with van der Waals surface area (Å²) in [6, 6.07) is 23.6. The van der Waals surface area contributed by atoms with Crippen molar-refractivity contribution >= 4 is 57.4 Å². The maximum absolute atomic E-state index is 13.4. The van der Waals surface area contributed by atoms with Crippen molar-refractivity contribution in [3.8, 4) is 28.4 Å². The number of rotatable bonds is 6. The molecule has 3 aliphatic rings. The minimum atomic E-state index is -0.286. The molecule has 3 N–H and O–H groups in total. The van der Waals surface area contributed by atoms with Crippen LogP contribution in [0.25, 0.3) is 44.6 Å². The fraction of sp³-hybridized carbons (Fsp3) is 0.360. The molecule has 2 amide bonds. The monoisotopic (exact) mass is 920 g/mol. The van der Waals surface area contributed by atoms with Crippen LogP contribution in [0.3, 0.4) is 0 Å². The van der Waals surface area contributed by atoms with Gasteiger partial charge in [-0.15, -0.1) is 11.6 Å². The SMILES string of the molecule is Cc1cc(C(=O)Nc2nc3ccccc3n2[C@H]2CC[C@@H](CCCl)C2)cc(-c2c[nH]n(C)c2=O)n1.Cc1cc2cc(n1)-c1cnn(C)c1OCC[C@@H]1CC[C@@H](C1)n1c(nc3ccccc31)NC2=O. The van der Waals surface area contributed by atoms with Gasteiger partial charge in [-0.25, -0.2) is 14.6 Å². The first-order chi connectivity index (χ1) is 32.5. The van der Waals surface area contributed by atoms with Crippen LogP contribution in [0.1, 0.15) is 95.6 Å². The number of amides is 2. The number of anilines is 2. The van der Waals surface area contributed by atoms with Crippen LogP contribution in [0, 0.1) is 25.7 Å². The lowest BCUT2D eigenvalue weighted by Gasteiger charge is -2.17. The Morgan fingerprint density at radius 1 is 0.806 bits per heavy atom. The summed E-state index contributed by atoms with van der Waals surface area (Å²) in [4.78, 5) is 57.8. The molecule has 16 nitrogen and oxygen atoms in total. The molecule has 11 rings (SSSR count). The minimum Gasteiger partial charge on any atom is -0.477 e. The fourth-order valence-electron chi connectivity index (χ4n) is 10.2. The number of nitrogens with zero attached hydrogens (tertiary/aromatic N) is 9. The maximum atomic E-state index is 13.4. The molecule has 4 atom stereocenters. The maximum Gasteiger partial charge on any atom is 0.275 e. The van der Waals surface area contributed by atoms with Crippen LogP contribution in [0.4, 0.5) is 11.9 Å². The second-order valence-corrected chi connectivity index (χ2v) is 18.5. The van der Waals surface area contributed by atoms with E-state index in [4.69, 9.17) is 26.3 Å². The van der Waals surface area contributed by atoms with E-state index in [1.54, 1.807) is 48.4 Å². The predicted octanol–water partition coefficient (Wildman–Crippen LogP) is 9.17. The van der Waals surface area contributed by atoms with Crippen molar-refractivity contribution in [2.45, 2.75) is 77.3 Å². The molecule has 0 radical (unpaired) electrons. The number of pyridine rings is 2. The lowest BCUT2D eigenvalue weighted by Crippen LogP contribution is -2.19. The van der Waals surface area contributed by atoms with Gasteiger partial charge in [0, 0.05) is 60.8 Å². The van der Waals surface area contributed by atoms with E-state index in [-0.39, 0.29) is 23.4 Å². The number of alkyl halides is 1. The van der Waals surface area contributed by atoms with Gasteiger partial charge in [-0.3, -0.25) is 39.7 Å². The van der Waals surface area contributed by atoms with E-state index in [1.165, 1.54) is 4.68 Å². The van der Waals surface area contributed by atoms with Gasteiger partial charge in [-0.2, -0.15) is 5.10 Å². The molecule has 2 fully saturated rings. The Balaban J connectivity index is 0.000000157. The first-order valence-corrected chi connectivity index (χ1v) is 23.5. The van der Waals surface area contributed by atoms with Crippen molar-refractivity contribution in [3.63, 3.8) is 0 Å². The third kappa shape index (κ3) is 8.73. The smallest absolute Gasteiger partial charge is 0.275 e. The largest absolute Gasteiger partial charge is 0.477 e. The van der Waals surface area contributed by atoms with E-state index in [0.29, 0.717) is 81.9 Å². The molecule has 0 saturated heterocycles. The van der Waals surface area contributed by atoms with Crippen LogP contribution in [0.2, 0.25) is 0 Å². The van der Waals surface area contributed by atoms with Gasteiger partial charge in [0.25, 0.3) is 17.4 Å². The van der Waals surface area contributed by atoms with Crippen molar-refractivity contribution in [1.82, 2.24) is 48.6 Å². The van der Waals surface area contributed by atoms with Crippen LogP contribution < -0.4 is 20.9 Å². The fourth-order valence-corrected chi connectivity index (χ4v) is 10.5. The van der Waals surface area contributed by atoms with E-state index in [1.807, 2.05) is 63.4 Å². The number of ether oxygens (including phenoxy) is 1. The third-order valence-corrected chi connectivity index (χ3v) is 13.7. The van der Waals surface area contributed by atoms with Gasteiger partial charge in [-0.1, -0.05) is 24.3 Å². The molecule has 0 unspecified atom stereocenters. The number of hydrogen-bond acceptors (Lipinski definition) is 9. The van der Waals surface area contributed by atoms with E-state index >= 15 is 0 Å². The highest BCUT2D eigenvalue weighted by Crippen LogP contribution is 2.42. The number of imidazole rings is 2. The Hall–Kier alpha value is -7.07. The Bertz CT molecular complexity index is 3220. The number of halogens is 1. The number of benzene rings is 2. The molecule has 6 aromatic heterocycles. The molecule has 344 valence electrons. The molecule has 2 saturated carbocycles. The average Bonchev–Trinajstić information content (AvgIpc) is 4.19. The number of H-pyrrole nitrogens is 1. The van der Waals surface area contributed by atoms with Crippen LogP contribution in [-0.4, -0.2) is 72.9 Å². The summed E-state index contributed by atoms with van der Waals surface area (Å²) < 4.78 is 13.7. The number of carbonyl (C=O) groups is 2. The number of carbonyl (C=O) groups excluding carboxylic acids is 2. The highest BCUT2D eigenvalue weighted by Gasteiger charge is 2.32. The lowest BCUT2D eigenvalue weighted by molar-refractivity contribution is 0.101. The lowest BCUT2D eigenvalue weighted by atomic mass is 10.0. The normalized spacial score (nSPS) is 19.1. The highest BCUT2D eigenvalue weighted by atomic mass is 35.5. The summed E-state index contributed by atoms with van der Waals surface area (Å²) in [7, 11) is 3.51. The predicted molar refractivity (Wildman–Crippen MR) is 259 cm³/mol. The minimum absolute atomic E-state index is 0.195. The third-order valence-electron chi connectivity index (χ3n) is 13.5. The topological polar surface area (TPSA) is 184 Å². The Morgan fingerprint density at radius 3 is 2.27 bits per heavy atom. The highest BCUT2D eigenvalue weighted by molar-refractivity contribution is 6.17. The number of nitrogens with one attached hydrogen (secondary N) is 3. The van der Waals surface area contributed by atoms with Crippen molar-refractivity contribution in [2.75, 3.05) is 23.1 Å². The molecule has 2 aromatic carbocycles. The second-order valence-electron chi connectivity index (χ2n) is 18.1. The van der Waals surface area contributed by atoms with E-state index < -0.39 is 0 Å². The molecule has 2 aliphatic carbocycles. The zero-order valence-electron chi connectivity index (χ0n) is 38.0. The molecule has 17 heteroatoms. The van der Waals surface area contributed by atoms with Crippen LogP contribution >= 0.6 is 11.6 Å². The molecular formula is C50H53ClN12O4. The van der Waals surface area contributed by atoms with Crippen molar-refractivity contribution < 1.29 is 14.3 Å². The summed E-state index contributed by atoms with van der Waals surface area (Å²) in [5, 5.41) is 13.4. The standard InChI is InChI=1S/C25H27ClN6O2.C25H26N6O2/c1-15-11-17(13-21(28-15)19-14-27-31(2)24(19)34)23(33)30-25-29-20-5-3-4-6-22(20)32(25)18-8-7-16(12-18)9-10-26;1-15-11-17-13-21(27-15)19-14-26-30(2)24(19)33-10-9-16-7-8-18(12-16)31-22-6-4-3-5-20(22)28-25(31)29-23(17)32/h3-6,11,13-14,16,18,27H,7-10,12H2,1-2H3,(H,29,30,33);3-6,11,13-14,16,18H,7-10,12H2,1-2H3,(H,28,29,32)/t2*16-,18-/m00/s1. The number of aryl methyl sites for hydroxylation is 4. The van der Waals surface area contributed by atoms with E-state index in [0.717, 1.165) is 84.7 Å². The quantitative estimate of drug-likeness (QED) is 0.137. The Labute approximate surface area is 391 Å². The first kappa shape index (κ1) is 43.8. The van der Waals surface area contributed by atoms with Gasteiger partial charge >= 0.3 is 0 Å². The number of fused-ring (bicyclic) bond motifs is 11. The van der Waals surface area contributed by atoms with Crippen molar-refractivity contribution in [1.29, 1.82) is 0 Å². The summed E-state index contributed by atoms with van der Waals surface area (Å²) >= 11 is 5.99. The zero-order chi connectivity index (χ0) is 46.3. The average molecular weight is 922 g/mol. The Morgan fingerprint density at radius 2 is 1.51 bits per heavy atom. The number of aromatic amines is 1. The van der Waals surface area contributed by atoms with Crippen LogP contribution in [-0.2, 0) is 14.1 Å². The number of aromatic nitrogens is 10. The second kappa shape index (κ2) is 18.3. The molecule has 1 aliphatic heterocycles. The van der Waals surface area contributed by atoms with Gasteiger partial charge in [0.15, 0.2) is 0 Å². The van der Waals surface area contributed by atoms with E-state index in [2.05, 4.69) is 46.0 Å². The van der Waals surface area contributed by atoms with Gasteiger partial charge in [0.2, 0.25) is 17.8 Å².